The number of ether oxygens (including phenoxy) is 2. The summed E-state index contributed by atoms with van der Waals surface area (Å²) in [4.78, 5) is 17.4. The molecule has 1 aliphatic heterocycles. The maximum absolute atomic E-state index is 13.5. The van der Waals surface area contributed by atoms with E-state index >= 15 is 0 Å². The Bertz CT molecular complexity index is 1000. The topological polar surface area (TPSA) is 112 Å². The van der Waals surface area contributed by atoms with Crippen molar-refractivity contribution in [1.29, 1.82) is 0 Å². The van der Waals surface area contributed by atoms with Crippen molar-refractivity contribution in [3.63, 3.8) is 0 Å². The van der Waals surface area contributed by atoms with Crippen molar-refractivity contribution in [2.75, 3.05) is 17.7 Å². The minimum absolute atomic E-state index is 0.0146. The first kappa shape index (κ1) is 21.3. The number of nitrogen functional groups attached to an aromatic ring is 1. The number of carbonyl (C=O) groups is 1. The van der Waals surface area contributed by atoms with Crippen molar-refractivity contribution in [3.05, 3.63) is 65.9 Å². The van der Waals surface area contributed by atoms with E-state index in [9.17, 15) is 13.6 Å². The van der Waals surface area contributed by atoms with Gasteiger partial charge in [-0.25, -0.2) is 0 Å². The van der Waals surface area contributed by atoms with Crippen molar-refractivity contribution in [1.82, 2.24) is 4.98 Å². The average Bonchev–Trinajstić information content (AvgIpc) is 3.17. The van der Waals surface area contributed by atoms with E-state index in [0.717, 1.165) is 16.5 Å². The second kappa shape index (κ2) is 8.95. The fraction of sp³-hybridized carbons (Fsp3) is 0.200. The molecular weight excluding hydrogens is 414 g/mol. The molecule has 0 fully saturated rings. The minimum atomic E-state index is -3.37. The van der Waals surface area contributed by atoms with Crippen LogP contribution >= 0.6 is 11.3 Å². The number of hydrogen-bond acceptors (Lipinski definition) is 7. The molecule has 2 heterocycles. The number of carbonyl (C=O) groups excluding carboxylic acids is 1. The molecule has 0 atom stereocenters. The second-order valence-corrected chi connectivity index (χ2v) is 7.27. The zero-order valence-corrected chi connectivity index (χ0v) is 16.7. The summed E-state index contributed by atoms with van der Waals surface area (Å²) < 4.78 is 36.9. The fourth-order valence-corrected chi connectivity index (χ4v) is 3.26. The Labute approximate surface area is 175 Å². The number of nitrogens with two attached hydrogens (primary N) is 2. The maximum atomic E-state index is 13.5. The average molecular weight is 434 g/mol. The smallest absolute Gasteiger partial charge is 0.401 e. The van der Waals surface area contributed by atoms with Gasteiger partial charge in [0.1, 0.15) is 0 Å². The van der Waals surface area contributed by atoms with Gasteiger partial charge in [-0.05, 0) is 23.8 Å². The van der Waals surface area contributed by atoms with Gasteiger partial charge >= 0.3 is 6.11 Å². The predicted molar refractivity (Wildman–Crippen MR) is 111 cm³/mol. The zero-order chi connectivity index (χ0) is 21.7. The van der Waals surface area contributed by atoms with Gasteiger partial charge in [0.2, 0.25) is 5.91 Å². The molecule has 30 heavy (non-hydrogen) atoms. The number of nitrogens with one attached hydrogen (secondary N) is 1. The SMILES string of the molecule is C=CC1=C(/C=C(\N)CC(=O)Nc2cc(-c3cncs3)ccc2N)OCCC(F)(F)O1. The van der Waals surface area contributed by atoms with E-state index < -0.39 is 18.4 Å². The lowest BCUT2D eigenvalue weighted by Gasteiger charge is -2.14. The molecule has 1 amide bonds. The van der Waals surface area contributed by atoms with Gasteiger partial charge in [0.15, 0.2) is 11.5 Å². The molecule has 3 rings (SSSR count). The Morgan fingerprint density at radius 2 is 2.20 bits per heavy atom. The van der Waals surface area contributed by atoms with Gasteiger partial charge in [0, 0.05) is 18.0 Å². The van der Waals surface area contributed by atoms with Crippen molar-refractivity contribution in [2.24, 2.45) is 5.73 Å². The molecule has 0 saturated carbocycles. The number of alkyl halides is 2. The lowest BCUT2D eigenvalue weighted by molar-refractivity contribution is -0.213. The van der Waals surface area contributed by atoms with Crippen LogP contribution < -0.4 is 16.8 Å². The van der Waals surface area contributed by atoms with E-state index in [-0.39, 0.29) is 30.2 Å². The highest BCUT2D eigenvalue weighted by Crippen LogP contribution is 2.31. The largest absolute Gasteiger partial charge is 0.489 e. The van der Waals surface area contributed by atoms with Crippen LogP contribution in [0.5, 0.6) is 0 Å². The van der Waals surface area contributed by atoms with Crippen LogP contribution in [0, 0.1) is 0 Å². The summed E-state index contributed by atoms with van der Waals surface area (Å²) in [7, 11) is 0. The van der Waals surface area contributed by atoms with E-state index in [4.69, 9.17) is 16.2 Å². The van der Waals surface area contributed by atoms with Crippen LogP contribution in [0.15, 0.2) is 65.9 Å². The van der Waals surface area contributed by atoms with Gasteiger partial charge in [-0.1, -0.05) is 12.6 Å². The Balaban J connectivity index is 1.72. The van der Waals surface area contributed by atoms with E-state index in [2.05, 4.69) is 21.6 Å². The summed E-state index contributed by atoms with van der Waals surface area (Å²) in [6.07, 6.45) is -0.105. The lowest BCUT2D eigenvalue weighted by Crippen LogP contribution is -2.19. The highest BCUT2D eigenvalue weighted by Gasteiger charge is 2.35. The number of aromatic nitrogens is 1. The van der Waals surface area contributed by atoms with Gasteiger partial charge in [-0.3, -0.25) is 9.78 Å². The normalized spacial score (nSPS) is 16.3. The third-order valence-electron chi connectivity index (χ3n) is 4.06. The molecule has 1 aromatic heterocycles. The highest BCUT2D eigenvalue weighted by molar-refractivity contribution is 7.13. The molecule has 158 valence electrons. The van der Waals surface area contributed by atoms with Gasteiger partial charge in [-0.15, -0.1) is 11.3 Å². The number of allylic oxidation sites excluding steroid dienone is 2. The molecule has 0 spiro atoms. The number of thiazole rings is 1. The van der Waals surface area contributed by atoms with Crippen molar-refractivity contribution in [2.45, 2.75) is 19.0 Å². The number of rotatable bonds is 6. The van der Waals surface area contributed by atoms with Crippen LogP contribution in [-0.2, 0) is 14.3 Å². The molecule has 1 aromatic carbocycles. The van der Waals surface area contributed by atoms with Crippen LogP contribution in [0.1, 0.15) is 12.8 Å². The van der Waals surface area contributed by atoms with Crippen molar-refractivity contribution < 1.29 is 23.0 Å². The van der Waals surface area contributed by atoms with Gasteiger partial charge in [0.05, 0.1) is 41.2 Å². The Kier molecular flexibility index (Phi) is 6.36. The van der Waals surface area contributed by atoms with Crippen LogP contribution in [0.3, 0.4) is 0 Å². The zero-order valence-electron chi connectivity index (χ0n) is 15.9. The third-order valence-corrected chi connectivity index (χ3v) is 4.89. The van der Waals surface area contributed by atoms with Crippen LogP contribution in [0.2, 0.25) is 0 Å². The Morgan fingerprint density at radius 3 is 2.90 bits per heavy atom. The van der Waals surface area contributed by atoms with E-state index in [1.54, 1.807) is 23.8 Å². The summed E-state index contributed by atoms with van der Waals surface area (Å²) in [6, 6.07) is 5.25. The highest BCUT2D eigenvalue weighted by atomic mass is 32.1. The quantitative estimate of drug-likeness (QED) is 0.593. The molecule has 0 radical (unpaired) electrons. The Morgan fingerprint density at radius 1 is 1.40 bits per heavy atom. The molecule has 0 aliphatic carbocycles. The standard InChI is InChI=1S/C20H20F2N4O3S/c1-2-16-17(28-6-5-20(21,22)29-16)8-13(23)9-19(27)26-15-7-12(3-4-14(15)24)18-10-25-11-30-18/h2-4,7-8,10-11H,1,5-6,9,23-24H2,(H,26,27)/b13-8-. The van der Waals surface area contributed by atoms with Crippen molar-refractivity contribution >= 4 is 28.6 Å². The van der Waals surface area contributed by atoms with Crippen LogP contribution in [0.4, 0.5) is 20.2 Å². The Hall–Kier alpha value is -3.40. The maximum Gasteiger partial charge on any atom is 0.401 e. The van der Waals surface area contributed by atoms with Crippen LogP contribution in [0.25, 0.3) is 10.4 Å². The second-order valence-electron chi connectivity index (χ2n) is 6.38. The molecule has 7 nitrogen and oxygen atoms in total. The number of benzene rings is 1. The summed E-state index contributed by atoms with van der Waals surface area (Å²) in [6.45, 7) is 3.17. The molecule has 2 aromatic rings. The van der Waals surface area contributed by atoms with Gasteiger partial charge in [0.25, 0.3) is 0 Å². The number of halogens is 2. The number of nitrogens with zero attached hydrogens (tertiary/aromatic N) is 1. The molecule has 0 saturated heterocycles. The summed E-state index contributed by atoms with van der Waals surface area (Å²) in [5, 5.41) is 2.70. The monoisotopic (exact) mass is 434 g/mol. The fourth-order valence-electron chi connectivity index (χ4n) is 2.64. The minimum Gasteiger partial charge on any atom is -0.489 e. The third kappa shape index (κ3) is 5.35. The first-order valence-electron chi connectivity index (χ1n) is 8.88. The van der Waals surface area contributed by atoms with E-state index in [1.807, 2.05) is 6.07 Å². The first-order valence-corrected chi connectivity index (χ1v) is 9.76. The molecule has 0 bridgehead atoms. The predicted octanol–water partition coefficient (Wildman–Crippen LogP) is 3.99. The molecule has 0 unspecified atom stereocenters. The molecular formula is C20H20F2N4O3S. The number of amides is 1. The summed E-state index contributed by atoms with van der Waals surface area (Å²) in [5.41, 5.74) is 15.3. The molecule has 5 N–H and O–H groups in total. The molecule has 1 aliphatic rings. The van der Waals surface area contributed by atoms with Gasteiger partial charge in [-0.2, -0.15) is 8.78 Å². The number of hydrogen-bond donors (Lipinski definition) is 3. The summed E-state index contributed by atoms with van der Waals surface area (Å²) >= 11 is 1.46. The lowest BCUT2D eigenvalue weighted by atomic mass is 10.1. The van der Waals surface area contributed by atoms with Crippen LogP contribution in [-0.4, -0.2) is 23.6 Å². The summed E-state index contributed by atoms with van der Waals surface area (Å²) in [5.74, 6) is -0.695. The van der Waals surface area contributed by atoms with E-state index in [0.29, 0.717) is 11.4 Å². The first-order chi connectivity index (χ1) is 14.3. The molecule has 10 heteroatoms. The van der Waals surface area contributed by atoms with E-state index in [1.165, 1.54) is 17.4 Å². The number of anilines is 2. The van der Waals surface area contributed by atoms with Crippen molar-refractivity contribution in [3.8, 4) is 10.4 Å². The van der Waals surface area contributed by atoms with Gasteiger partial charge < -0.3 is 26.3 Å².